The van der Waals surface area contributed by atoms with Crippen LogP contribution < -0.4 is 0 Å². The molecule has 0 saturated heterocycles. The Morgan fingerprint density at radius 2 is 0.388 bits per heavy atom. The molecule has 0 rings (SSSR count). The van der Waals surface area contributed by atoms with Crippen LogP contribution >= 0.6 is 0 Å². The molecule has 0 spiro atoms. The number of carbonyl (C=O) groups excluding carboxylic acids is 2. The Labute approximate surface area is 1110 Å². The molecule has 0 bridgehead atoms. The largest absolute Gasteiger partial charge is 0.304 e. The summed E-state index contributed by atoms with van der Waals surface area (Å²) in [5.74, 6) is 1.50. The third-order valence-corrected chi connectivity index (χ3v) is 2.56. The Morgan fingerprint density at radius 1 is 0.306 bits per heavy atom. The fourth-order valence-corrected chi connectivity index (χ4v) is 0.756. The van der Waals surface area contributed by atoms with Crippen LogP contribution in [0.5, 0.6) is 0 Å². The molecule has 0 aromatic carbocycles. The monoisotopic (exact) mass is 1400 g/mol. The number of nitrogens with zero attached hydrogens (tertiary/aromatic N) is 4. The molecule has 33 heteroatoms. The molecule has 0 aliphatic carbocycles. The van der Waals surface area contributed by atoms with Crippen LogP contribution in [0.3, 0.4) is 0 Å². The molecule has 0 aliphatic rings. The smallest absolute Gasteiger partial charge is 0.224 e. The first-order valence-electron chi connectivity index (χ1n) is 7.54. The van der Waals surface area contributed by atoms with E-state index in [1.165, 1.54) is 23.6 Å². The molecule has 0 aromatic rings. The first-order chi connectivity index (χ1) is 10.2. The van der Waals surface area contributed by atoms with Crippen LogP contribution in [0.4, 0.5) is 0 Å². The van der Waals surface area contributed by atoms with Gasteiger partial charge in [-0.15, -0.1) is 0 Å². The van der Waals surface area contributed by atoms with E-state index >= 15 is 0 Å². The van der Waals surface area contributed by atoms with E-state index < -0.39 is 0 Å². The van der Waals surface area contributed by atoms with Gasteiger partial charge in [0.05, 0.1) is 0 Å². The summed E-state index contributed by atoms with van der Waals surface area (Å²) in [5.41, 5.74) is 0. The fraction of sp³-hybridized carbons (Fsp3) is 0.750. The van der Waals surface area contributed by atoms with Crippen LogP contribution in [0.15, 0.2) is 9.98 Å². The van der Waals surface area contributed by atoms with Crippen LogP contribution in [-0.2, 0) is 9.59 Å². The third kappa shape index (κ3) is 180. The van der Waals surface area contributed by atoms with Crippen LogP contribution in [0.2, 0.25) is 0 Å². The van der Waals surface area contributed by atoms with E-state index in [9.17, 15) is 9.59 Å². The number of aliphatic imine (C=N–C) groups is 2. The molecule has 49 heavy (non-hydrogen) atoms. The standard InChI is InChI=1S/2C6H12N2O.2C2H6.27Ar/c2*1-5(7-3)8(4)6(2)9;2*1-2;;;;;;;;;;;;;;;;;;;;;;;;;;;/h2*1-4H3;2*1-2H3;;;;;;;;;;;;;;;;;;;;;;;;;;;. The number of rotatable bonds is 0. The molecule has 0 radical (unpaired) electrons. The average molecular weight is 1400 g/mol. The van der Waals surface area contributed by atoms with Gasteiger partial charge in [0.1, 0.15) is 11.7 Å². The molecular formula is C16H36Ar27N4O2. The van der Waals surface area contributed by atoms with Gasteiger partial charge in [0, 0.05) is 1060 Å². The number of amidine groups is 2. The maximum absolute atomic E-state index is 10.6. The molecule has 0 fully saturated rings. The zero-order valence-electron chi connectivity index (χ0n) is 26.2. The molecule has 0 aromatic heterocycles. The van der Waals surface area contributed by atoms with Gasteiger partial charge >= 0.3 is 0 Å². The summed E-state index contributed by atoms with van der Waals surface area (Å²) >= 11 is 0. The molecule has 6 nitrogen and oxygen atoms in total. The Hall–Kier alpha value is 32.3. The minimum absolute atomic E-state index is 0. The van der Waals surface area contributed by atoms with E-state index in [0.29, 0.717) is 0 Å². The van der Waals surface area contributed by atoms with E-state index in [0.717, 1.165) is 11.7 Å². The first-order valence-corrected chi connectivity index (χ1v) is 7.54. The van der Waals surface area contributed by atoms with E-state index in [1.807, 2.05) is 27.7 Å². The van der Waals surface area contributed by atoms with E-state index in [4.69, 9.17) is 0 Å². The van der Waals surface area contributed by atoms with Crippen molar-refractivity contribution in [3.63, 3.8) is 0 Å². The summed E-state index contributed by atoms with van der Waals surface area (Å²) in [5, 5.41) is 0. The molecule has 0 saturated carbocycles. The van der Waals surface area contributed by atoms with Crippen molar-refractivity contribution in [1.29, 1.82) is 0 Å². The predicted octanol–water partition coefficient (Wildman–Crippen LogP) is 3.08. The molecular weight excluding hydrogens is 1360 g/mol. The van der Waals surface area contributed by atoms with Crippen molar-refractivity contribution in [2.75, 3.05) is 28.2 Å². The normalized spacial score (nSPS) is 4.41. The average Bonchev–Trinajstić information content (AvgIpc) is 2.55. The minimum Gasteiger partial charge on any atom is -0.304 e. The Morgan fingerprint density at radius 3 is 0.408 bits per heavy atom. The van der Waals surface area contributed by atoms with Crippen molar-refractivity contribution in [2.24, 2.45) is 9.98 Å². The van der Waals surface area contributed by atoms with Crippen molar-refractivity contribution in [3.8, 4) is 0 Å². The van der Waals surface area contributed by atoms with E-state index in [2.05, 4.69) is 9.98 Å². The summed E-state index contributed by atoms with van der Waals surface area (Å²) in [6, 6.07) is 0. The summed E-state index contributed by atoms with van der Waals surface area (Å²) in [6.07, 6.45) is 0. The molecule has 0 unspecified atom stereocenters. The molecule has 0 heterocycles. The van der Waals surface area contributed by atoms with Crippen LogP contribution in [0, 0.1) is 1020 Å². The van der Waals surface area contributed by atoms with Gasteiger partial charge in [-0.3, -0.25) is 19.6 Å². The Balaban J connectivity index is -0.00000000275. The van der Waals surface area contributed by atoms with Gasteiger partial charge in [-0.2, -0.15) is 0 Å². The minimum atomic E-state index is 0. The summed E-state index contributed by atoms with van der Waals surface area (Å²) in [7, 11) is 6.72. The topological polar surface area (TPSA) is 65.3 Å². The zero-order valence-corrected chi connectivity index (χ0v) is 45.2. The Kier molecular flexibility index (Phi) is 781. The van der Waals surface area contributed by atoms with Crippen molar-refractivity contribution in [1.82, 2.24) is 9.80 Å². The summed E-state index contributed by atoms with van der Waals surface area (Å²) < 4.78 is 0. The van der Waals surface area contributed by atoms with E-state index in [-0.39, 0.29) is 1030 Å². The second-order valence-corrected chi connectivity index (χ2v) is 3.70. The summed E-state index contributed by atoms with van der Waals surface area (Å²) in [4.78, 5) is 31.8. The molecule has 348 valence electrons. The van der Waals surface area contributed by atoms with Gasteiger partial charge in [0.2, 0.25) is 11.8 Å². The van der Waals surface area contributed by atoms with Gasteiger partial charge in [-0.1, -0.05) is 27.7 Å². The van der Waals surface area contributed by atoms with Crippen molar-refractivity contribution in [3.05, 3.63) is 0 Å². The van der Waals surface area contributed by atoms with Gasteiger partial charge < -0.3 is 9.80 Å². The molecule has 2 amide bonds. The van der Waals surface area contributed by atoms with Crippen LogP contribution in [0.25, 0.3) is 0 Å². The third-order valence-electron chi connectivity index (χ3n) is 2.56. The number of hydrogen-bond acceptors (Lipinski definition) is 4. The van der Waals surface area contributed by atoms with Crippen molar-refractivity contribution in [2.45, 2.75) is 55.4 Å². The van der Waals surface area contributed by atoms with Gasteiger partial charge in [0.15, 0.2) is 0 Å². The quantitative estimate of drug-likeness (QED) is 0.277. The molecule has 0 aliphatic heterocycles. The maximum Gasteiger partial charge on any atom is 0.224 e. The second kappa shape index (κ2) is 185. The van der Waals surface area contributed by atoms with Gasteiger partial charge in [0.25, 0.3) is 0 Å². The number of carbonyl (C=O) groups is 2. The van der Waals surface area contributed by atoms with Gasteiger partial charge in [-0.05, 0) is 13.8 Å². The van der Waals surface area contributed by atoms with E-state index in [1.54, 1.807) is 42.0 Å². The first kappa shape index (κ1) is 207. The number of hydrogen-bond donors (Lipinski definition) is 0. The van der Waals surface area contributed by atoms with Crippen molar-refractivity contribution >= 4 is 23.5 Å². The molecule has 0 N–H and O–H groups in total. The zero-order chi connectivity index (χ0) is 18.9. The maximum atomic E-state index is 10.6. The van der Waals surface area contributed by atoms with Gasteiger partial charge in [-0.25, -0.2) is 0 Å². The Bertz CT molecular complexity index is 365. The number of amides is 2. The molecule has 0 atom stereocenters. The van der Waals surface area contributed by atoms with Crippen LogP contribution in [-0.4, -0.2) is 61.5 Å². The van der Waals surface area contributed by atoms with Crippen LogP contribution in [0.1, 0.15) is 55.4 Å². The SMILES string of the molecule is CC.CC.CN=C(C)N(C)C(C)=O.CN=C(C)N(C)C(C)=O.[Ar].[Ar].[Ar].[Ar].[Ar].[Ar].[Ar].[Ar].[Ar].[Ar].[Ar].[Ar].[Ar].[Ar].[Ar].[Ar].[Ar].[Ar].[Ar].[Ar].[Ar].[Ar].[Ar].[Ar].[Ar].[Ar].[Ar]. The fourth-order valence-electron chi connectivity index (χ4n) is 0.756. The summed E-state index contributed by atoms with van der Waals surface area (Å²) in [6.45, 7) is 14.6. The predicted molar refractivity (Wildman–Crippen MR) is 97.7 cm³/mol. The van der Waals surface area contributed by atoms with Crippen molar-refractivity contribution < 1.29 is 1030 Å². The second-order valence-electron chi connectivity index (χ2n) is 3.70.